The number of unbranched alkanes of at least 4 members (excludes halogenated alkanes) is 8. The number of rotatable bonds is 16. The summed E-state index contributed by atoms with van der Waals surface area (Å²) in [5.41, 5.74) is 0. The molecule has 3 atom stereocenters. The molecular weight excluding hydrogens is 290 g/mol. The Morgan fingerprint density at radius 1 is 0.957 bits per heavy atom. The van der Waals surface area contributed by atoms with E-state index in [0.717, 1.165) is 31.1 Å². The summed E-state index contributed by atoms with van der Waals surface area (Å²) in [4.78, 5) is 20.3. The summed E-state index contributed by atoms with van der Waals surface area (Å²) in [6.07, 6.45) is 18.5. The normalized spacial score (nSPS) is 21.1. The molecule has 1 rings (SSSR count). The van der Waals surface area contributed by atoms with Gasteiger partial charge in [-0.25, -0.2) is 0 Å². The molecule has 1 saturated carbocycles. The molecule has 0 aliphatic heterocycles. The molecule has 0 aromatic heterocycles. The van der Waals surface area contributed by atoms with Crippen molar-refractivity contribution in [1.29, 1.82) is 0 Å². The lowest BCUT2D eigenvalue weighted by Crippen LogP contribution is -2.20. The fourth-order valence-electron chi connectivity index (χ4n) is 3.51. The number of nitrogens with zero attached hydrogens (tertiary/aromatic N) is 1. The monoisotopic (exact) mass is 324 g/mol. The molecule has 23 heavy (non-hydrogen) atoms. The zero-order valence-electron chi connectivity index (χ0n) is 14.8. The predicted molar refractivity (Wildman–Crippen MR) is 93.8 cm³/mol. The first-order chi connectivity index (χ1) is 11.2. The van der Waals surface area contributed by atoms with Crippen LogP contribution < -0.4 is 0 Å². The molecule has 0 spiro atoms. The molecule has 0 heterocycles. The van der Waals surface area contributed by atoms with E-state index >= 15 is 0 Å². The fourth-order valence-corrected chi connectivity index (χ4v) is 3.51. The van der Waals surface area contributed by atoms with E-state index in [0.29, 0.717) is 6.42 Å². The van der Waals surface area contributed by atoms with E-state index in [4.69, 9.17) is 0 Å². The van der Waals surface area contributed by atoms with Crippen LogP contribution in [-0.4, -0.2) is 17.3 Å². The van der Waals surface area contributed by atoms with Crippen molar-refractivity contribution >= 4 is 6.29 Å². The SMILES string of the molecule is CCCCCCC1CC1CCCCCCCCC([C]=O)[N+](=O)[O-]. The molecule has 0 aromatic carbocycles. The molecule has 1 fully saturated rings. The molecule has 1 aliphatic carbocycles. The van der Waals surface area contributed by atoms with Crippen LogP contribution in [0.2, 0.25) is 0 Å². The van der Waals surface area contributed by atoms with Crippen molar-refractivity contribution in [1.82, 2.24) is 0 Å². The Balaban J connectivity index is 1.82. The third-order valence-electron chi connectivity index (χ3n) is 5.19. The van der Waals surface area contributed by atoms with Gasteiger partial charge in [0.15, 0.2) is 0 Å². The van der Waals surface area contributed by atoms with Crippen molar-refractivity contribution in [2.24, 2.45) is 11.8 Å². The van der Waals surface area contributed by atoms with E-state index in [9.17, 15) is 14.9 Å². The molecule has 4 heteroatoms. The predicted octanol–water partition coefficient (Wildman–Crippen LogP) is 5.47. The van der Waals surface area contributed by atoms with Crippen LogP contribution in [0.25, 0.3) is 0 Å². The Labute approximate surface area is 141 Å². The highest BCUT2D eigenvalue weighted by molar-refractivity contribution is 5.56. The van der Waals surface area contributed by atoms with Gasteiger partial charge in [-0.15, -0.1) is 0 Å². The Morgan fingerprint density at radius 2 is 1.48 bits per heavy atom. The summed E-state index contributed by atoms with van der Waals surface area (Å²) in [7, 11) is 0. The summed E-state index contributed by atoms with van der Waals surface area (Å²) in [5, 5.41) is 10.5. The van der Waals surface area contributed by atoms with E-state index in [1.54, 1.807) is 0 Å². The van der Waals surface area contributed by atoms with Crippen molar-refractivity contribution in [3.63, 3.8) is 0 Å². The summed E-state index contributed by atoms with van der Waals surface area (Å²) in [5.74, 6) is 2.05. The standard InChI is InChI=1S/C19H34NO3/c1-2-3-4-9-12-17-15-18(17)13-10-7-5-6-8-11-14-19(16-21)20(22)23/h17-19H,2-15H2,1H3. The van der Waals surface area contributed by atoms with Gasteiger partial charge in [0.25, 0.3) is 12.3 Å². The van der Waals surface area contributed by atoms with Crippen LogP contribution in [0.3, 0.4) is 0 Å². The second-order valence-corrected chi connectivity index (χ2v) is 7.22. The maximum atomic E-state index is 10.5. The Kier molecular flexibility index (Phi) is 10.9. The van der Waals surface area contributed by atoms with Gasteiger partial charge in [-0.1, -0.05) is 77.6 Å². The fraction of sp³-hybridized carbons (Fsp3) is 0.947. The molecule has 0 N–H and O–H groups in total. The average molecular weight is 324 g/mol. The van der Waals surface area contributed by atoms with Crippen LogP contribution in [0.1, 0.15) is 96.8 Å². The largest absolute Gasteiger partial charge is 0.283 e. The van der Waals surface area contributed by atoms with Crippen LogP contribution in [0.15, 0.2) is 0 Å². The molecule has 4 nitrogen and oxygen atoms in total. The highest BCUT2D eigenvalue weighted by Gasteiger charge is 2.34. The minimum atomic E-state index is -1.11. The first-order valence-electron chi connectivity index (χ1n) is 9.70. The van der Waals surface area contributed by atoms with Gasteiger partial charge in [-0.05, 0) is 24.7 Å². The van der Waals surface area contributed by atoms with Gasteiger partial charge in [0.05, 0.1) is 0 Å². The molecule has 3 unspecified atom stereocenters. The van der Waals surface area contributed by atoms with Gasteiger partial charge in [-0.2, -0.15) is 0 Å². The lowest BCUT2D eigenvalue weighted by Gasteiger charge is -2.03. The number of carbonyl (C=O) groups excluding carboxylic acids is 1. The maximum absolute atomic E-state index is 10.5. The van der Waals surface area contributed by atoms with Gasteiger partial charge in [0.1, 0.15) is 0 Å². The number of hydrogen-bond donors (Lipinski definition) is 0. The van der Waals surface area contributed by atoms with Crippen LogP contribution in [0, 0.1) is 22.0 Å². The Bertz CT molecular complexity index is 333. The topological polar surface area (TPSA) is 60.2 Å². The van der Waals surface area contributed by atoms with Crippen LogP contribution in [0.4, 0.5) is 0 Å². The summed E-state index contributed by atoms with van der Waals surface area (Å²) >= 11 is 0. The molecule has 133 valence electrons. The number of hydrogen-bond acceptors (Lipinski definition) is 3. The smallest absolute Gasteiger partial charge is 0.278 e. The van der Waals surface area contributed by atoms with Crippen LogP contribution in [0.5, 0.6) is 0 Å². The third kappa shape index (κ3) is 9.72. The summed E-state index contributed by atoms with van der Waals surface area (Å²) in [6, 6.07) is -1.11. The second-order valence-electron chi connectivity index (χ2n) is 7.22. The molecule has 0 amide bonds. The minimum Gasteiger partial charge on any atom is -0.283 e. The van der Waals surface area contributed by atoms with E-state index in [2.05, 4.69) is 6.92 Å². The van der Waals surface area contributed by atoms with E-state index in [-0.39, 0.29) is 0 Å². The van der Waals surface area contributed by atoms with E-state index in [1.165, 1.54) is 70.5 Å². The first-order valence-corrected chi connectivity index (χ1v) is 9.70. The van der Waals surface area contributed by atoms with Crippen molar-refractivity contribution in [3.05, 3.63) is 10.1 Å². The average Bonchev–Trinajstić information content (AvgIpc) is 3.28. The quantitative estimate of drug-likeness (QED) is 0.215. The molecule has 0 bridgehead atoms. The maximum Gasteiger partial charge on any atom is 0.278 e. The molecular formula is C19H34NO3. The van der Waals surface area contributed by atoms with Crippen molar-refractivity contribution in [3.8, 4) is 0 Å². The molecule has 1 aliphatic rings. The Morgan fingerprint density at radius 3 is 2.00 bits per heavy atom. The third-order valence-corrected chi connectivity index (χ3v) is 5.19. The van der Waals surface area contributed by atoms with Gasteiger partial charge < -0.3 is 0 Å². The zero-order valence-corrected chi connectivity index (χ0v) is 14.8. The van der Waals surface area contributed by atoms with Crippen molar-refractivity contribution in [2.45, 2.75) is 103 Å². The number of nitro groups is 1. The summed E-state index contributed by atoms with van der Waals surface area (Å²) in [6.45, 7) is 2.27. The Hall–Kier alpha value is -0.930. The van der Waals surface area contributed by atoms with Crippen molar-refractivity contribution in [2.75, 3.05) is 0 Å². The van der Waals surface area contributed by atoms with Crippen LogP contribution in [-0.2, 0) is 4.79 Å². The molecule has 0 aromatic rings. The van der Waals surface area contributed by atoms with Crippen molar-refractivity contribution < 1.29 is 9.72 Å². The lowest BCUT2D eigenvalue weighted by molar-refractivity contribution is -0.503. The highest BCUT2D eigenvalue weighted by atomic mass is 16.6. The summed E-state index contributed by atoms with van der Waals surface area (Å²) < 4.78 is 0. The molecule has 1 radical (unpaired) electrons. The zero-order chi connectivity index (χ0) is 16.9. The molecule has 0 saturated heterocycles. The highest BCUT2D eigenvalue weighted by Crippen LogP contribution is 2.45. The van der Waals surface area contributed by atoms with Crippen LogP contribution >= 0.6 is 0 Å². The first kappa shape index (κ1) is 20.1. The minimum absolute atomic E-state index is 0.346. The van der Waals surface area contributed by atoms with E-state index < -0.39 is 11.0 Å². The van der Waals surface area contributed by atoms with Gasteiger partial charge in [0.2, 0.25) is 0 Å². The van der Waals surface area contributed by atoms with Gasteiger partial charge in [-0.3, -0.25) is 14.9 Å². The van der Waals surface area contributed by atoms with Gasteiger partial charge in [0, 0.05) is 11.3 Å². The second kappa shape index (κ2) is 12.5. The lowest BCUT2D eigenvalue weighted by atomic mass is 10.0. The van der Waals surface area contributed by atoms with Gasteiger partial charge >= 0.3 is 0 Å². The van der Waals surface area contributed by atoms with E-state index in [1.807, 2.05) is 0 Å².